The number of anilines is 2. The van der Waals surface area contributed by atoms with Crippen LogP contribution in [0.15, 0.2) is 41.2 Å². The van der Waals surface area contributed by atoms with E-state index in [0.717, 1.165) is 49.0 Å². The number of nitrogen functional groups attached to an aromatic ring is 1. The zero-order valence-electron chi connectivity index (χ0n) is 15.5. The van der Waals surface area contributed by atoms with Crippen molar-refractivity contribution >= 4 is 11.8 Å². The fourth-order valence-corrected chi connectivity index (χ4v) is 3.70. The Morgan fingerprint density at radius 1 is 1.19 bits per heavy atom. The third kappa shape index (κ3) is 3.30. The van der Waals surface area contributed by atoms with Gasteiger partial charge < -0.3 is 10.6 Å². The van der Waals surface area contributed by atoms with E-state index in [1.807, 2.05) is 43.3 Å². The van der Waals surface area contributed by atoms with Gasteiger partial charge in [-0.2, -0.15) is 10.1 Å². The van der Waals surface area contributed by atoms with Crippen LogP contribution < -0.4 is 16.3 Å². The van der Waals surface area contributed by atoms with Gasteiger partial charge in [0.1, 0.15) is 11.6 Å². The maximum atomic E-state index is 12.7. The molecule has 1 aliphatic heterocycles. The fourth-order valence-electron chi connectivity index (χ4n) is 3.70. The number of para-hydroxylation sites is 1. The molecular formula is C19H23N7O. The van der Waals surface area contributed by atoms with Crippen LogP contribution in [0.1, 0.15) is 30.3 Å². The van der Waals surface area contributed by atoms with Gasteiger partial charge in [0.25, 0.3) is 0 Å². The Morgan fingerprint density at radius 2 is 1.96 bits per heavy atom. The molecule has 3 aromatic rings. The Balaban J connectivity index is 1.70. The number of aromatic nitrogens is 5. The van der Waals surface area contributed by atoms with Crippen LogP contribution in [0.2, 0.25) is 0 Å². The molecule has 0 bridgehead atoms. The number of hydrogen-bond donors (Lipinski definition) is 1. The third-order valence-electron chi connectivity index (χ3n) is 4.93. The molecule has 0 amide bonds. The van der Waals surface area contributed by atoms with Crippen molar-refractivity contribution in [1.29, 1.82) is 0 Å². The van der Waals surface area contributed by atoms with Crippen molar-refractivity contribution in [1.82, 2.24) is 24.3 Å². The summed E-state index contributed by atoms with van der Waals surface area (Å²) in [5.74, 6) is 2.03. The monoisotopic (exact) mass is 365 g/mol. The lowest BCUT2D eigenvalue weighted by molar-refractivity contribution is 0.480. The molecule has 1 atom stereocenters. The van der Waals surface area contributed by atoms with E-state index < -0.39 is 0 Å². The first-order chi connectivity index (χ1) is 13.0. The lowest BCUT2D eigenvalue weighted by Gasteiger charge is -2.33. The maximum absolute atomic E-state index is 12.7. The van der Waals surface area contributed by atoms with E-state index >= 15 is 0 Å². The lowest BCUT2D eigenvalue weighted by Crippen LogP contribution is -2.36. The lowest BCUT2D eigenvalue weighted by atomic mass is 9.97. The molecule has 4 rings (SSSR count). The van der Waals surface area contributed by atoms with Crippen molar-refractivity contribution in [3.63, 3.8) is 0 Å². The number of rotatable bonds is 3. The number of benzene rings is 1. The zero-order valence-corrected chi connectivity index (χ0v) is 15.5. The summed E-state index contributed by atoms with van der Waals surface area (Å²) in [6.45, 7) is 3.54. The quantitative estimate of drug-likeness (QED) is 0.758. The van der Waals surface area contributed by atoms with Gasteiger partial charge in [-0.3, -0.25) is 0 Å². The number of nitrogens with two attached hydrogens (primary N) is 1. The molecule has 0 unspecified atom stereocenters. The van der Waals surface area contributed by atoms with Gasteiger partial charge in [-0.1, -0.05) is 18.2 Å². The van der Waals surface area contributed by atoms with Crippen molar-refractivity contribution in [2.24, 2.45) is 7.05 Å². The first-order valence-electron chi connectivity index (χ1n) is 9.10. The highest BCUT2D eigenvalue weighted by atomic mass is 16.2. The predicted octanol–water partition coefficient (Wildman–Crippen LogP) is 1.64. The minimum absolute atomic E-state index is 0.129. The summed E-state index contributed by atoms with van der Waals surface area (Å²) < 4.78 is 3.13. The van der Waals surface area contributed by atoms with Crippen LogP contribution in [-0.4, -0.2) is 37.4 Å². The Hall–Kier alpha value is -3.16. The average molecular weight is 365 g/mol. The molecule has 2 N–H and O–H groups in total. The van der Waals surface area contributed by atoms with Gasteiger partial charge >= 0.3 is 5.69 Å². The number of nitrogens with zero attached hydrogens (tertiary/aromatic N) is 6. The summed E-state index contributed by atoms with van der Waals surface area (Å²) in [6.07, 6.45) is 1.96. The summed E-state index contributed by atoms with van der Waals surface area (Å²) in [7, 11) is 1.69. The van der Waals surface area contributed by atoms with Gasteiger partial charge in [0.15, 0.2) is 0 Å². The third-order valence-corrected chi connectivity index (χ3v) is 4.93. The van der Waals surface area contributed by atoms with E-state index in [9.17, 15) is 4.79 Å². The molecule has 1 fully saturated rings. The molecule has 1 aliphatic rings. The highest BCUT2D eigenvalue weighted by molar-refractivity contribution is 5.44. The van der Waals surface area contributed by atoms with Crippen LogP contribution in [0, 0.1) is 6.92 Å². The Kier molecular flexibility index (Phi) is 4.39. The van der Waals surface area contributed by atoms with Gasteiger partial charge in [-0.25, -0.2) is 19.0 Å². The smallest absolute Gasteiger partial charge is 0.350 e. The fraction of sp³-hybridized carbons (Fsp3) is 0.368. The van der Waals surface area contributed by atoms with Crippen LogP contribution in [-0.2, 0) is 7.05 Å². The highest BCUT2D eigenvalue weighted by Gasteiger charge is 2.28. The maximum Gasteiger partial charge on any atom is 0.350 e. The molecule has 0 aliphatic carbocycles. The van der Waals surface area contributed by atoms with Crippen LogP contribution >= 0.6 is 0 Å². The second kappa shape index (κ2) is 6.86. The summed E-state index contributed by atoms with van der Waals surface area (Å²) in [5, 5.41) is 4.56. The highest BCUT2D eigenvalue weighted by Crippen LogP contribution is 2.29. The van der Waals surface area contributed by atoms with Crippen molar-refractivity contribution in [3.8, 4) is 5.69 Å². The van der Waals surface area contributed by atoms with E-state index in [1.165, 1.54) is 4.68 Å². The van der Waals surface area contributed by atoms with Gasteiger partial charge in [0, 0.05) is 37.8 Å². The van der Waals surface area contributed by atoms with Crippen LogP contribution in [0.5, 0.6) is 0 Å². The van der Waals surface area contributed by atoms with Crippen molar-refractivity contribution in [2.45, 2.75) is 25.7 Å². The Labute approximate surface area is 157 Å². The molecule has 140 valence electrons. The standard InChI is InChI=1S/C19H23N7O/c1-13-11-16(22-18(20)21-13)25-10-6-7-14(12-25)17-23-24(2)19(27)26(17)15-8-4-3-5-9-15/h3-5,8-9,11,14H,6-7,10,12H2,1-2H3,(H2,20,21,22)/t14-/m1/s1. The van der Waals surface area contributed by atoms with Crippen molar-refractivity contribution < 1.29 is 0 Å². The van der Waals surface area contributed by atoms with Gasteiger partial charge in [-0.15, -0.1) is 0 Å². The van der Waals surface area contributed by atoms with Crippen molar-refractivity contribution in [3.05, 3.63) is 58.4 Å². The minimum atomic E-state index is -0.129. The Morgan fingerprint density at radius 3 is 2.70 bits per heavy atom. The van der Waals surface area contributed by atoms with Gasteiger partial charge in [0.05, 0.1) is 5.69 Å². The van der Waals surface area contributed by atoms with Crippen LogP contribution in [0.25, 0.3) is 5.69 Å². The normalized spacial score (nSPS) is 17.3. The molecular weight excluding hydrogens is 342 g/mol. The molecule has 8 heteroatoms. The zero-order chi connectivity index (χ0) is 19.0. The molecule has 8 nitrogen and oxygen atoms in total. The first kappa shape index (κ1) is 17.3. The summed E-state index contributed by atoms with van der Waals surface area (Å²) >= 11 is 0. The van der Waals surface area contributed by atoms with Crippen molar-refractivity contribution in [2.75, 3.05) is 23.7 Å². The molecule has 0 radical (unpaired) electrons. The SMILES string of the molecule is Cc1cc(N2CCC[C@@H](c3nn(C)c(=O)n3-c3ccccc3)C2)nc(N)n1. The average Bonchev–Trinajstić information content (AvgIpc) is 2.97. The van der Waals surface area contributed by atoms with Gasteiger partial charge in [0.2, 0.25) is 5.95 Å². The van der Waals surface area contributed by atoms with E-state index in [0.29, 0.717) is 0 Å². The topological polar surface area (TPSA) is 94.9 Å². The Bertz CT molecular complexity index is 988. The van der Waals surface area contributed by atoms with E-state index in [1.54, 1.807) is 11.6 Å². The summed E-state index contributed by atoms with van der Waals surface area (Å²) in [4.78, 5) is 23.4. The minimum Gasteiger partial charge on any atom is -0.368 e. The van der Waals surface area contributed by atoms with E-state index in [-0.39, 0.29) is 17.6 Å². The molecule has 3 heterocycles. The van der Waals surface area contributed by atoms with Crippen LogP contribution in [0.3, 0.4) is 0 Å². The van der Waals surface area contributed by atoms with Crippen LogP contribution in [0.4, 0.5) is 11.8 Å². The molecule has 27 heavy (non-hydrogen) atoms. The number of hydrogen-bond acceptors (Lipinski definition) is 6. The number of aryl methyl sites for hydroxylation is 2. The number of piperidine rings is 1. The molecule has 0 saturated carbocycles. The van der Waals surface area contributed by atoms with E-state index in [2.05, 4.69) is 20.0 Å². The summed E-state index contributed by atoms with van der Waals surface area (Å²) in [5.41, 5.74) is 7.38. The molecule has 2 aromatic heterocycles. The largest absolute Gasteiger partial charge is 0.368 e. The van der Waals surface area contributed by atoms with Gasteiger partial charge in [-0.05, 0) is 31.9 Å². The molecule has 1 aromatic carbocycles. The molecule has 1 saturated heterocycles. The second-order valence-corrected chi connectivity index (χ2v) is 6.95. The second-order valence-electron chi connectivity index (χ2n) is 6.95. The summed E-state index contributed by atoms with van der Waals surface area (Å²) in [6, 6.07) is 11.6. The predicted molar refractivity (Wildman–Crippen MR) is 104 cm³/mol. The first-order valence-corrected chi connectivity index (χ1v) is 9.10. The van der Waals surface area contributed by atoms with E-state index in [4.69, 9.17) is 5.73 Å². The molecule has 0 spiro atoms.